The van der Waals surface area contributed by atoms with Gasteiger partial charge in [-0.25, -0.2) is 4.79 Å². The Morgan fingerprint density at radius 1 is 1.37 bits per heavy atom. The van der Waals surface area contributed by atoms with Gasteiger partial charge in [-0.2, -0.15) is 0 Å². The van der Waals surface area contributed by atoms with Crippen molar-refractivity contribution in [2.24, 2.45) is 0 Å². The number of nitrogens with zero attached hydrogens (tertiary/aromatic N) is 1. The summed E-state index contributed by atoms with van der Waals surface area (Å²) in [6, 6.07) is 4.95. The van der Waals surface area contributed by atoms with Gasteiger partial charge < -0.3 is 19.5 Å². The van der Waals surface area contributed by atoms with Crippen LogP contribution in [0.5, 0.6) is 11.5 Å². The molecule has 0 bridgehead atoms. The van der Waals surface area contributed by atoms with Gasteiger partial charge in [0.2, 0.25) is 0 Å². The molecule has 0 radical (unpaired) electrons. The molecule has 5 heteroatoms. The molecule has 1 aliphatic rings. The number of likely N-dealkylation sites (tertiary alicyclic amines) is 1. The standard InChI is InChI=1S/C14H19NO4/c1-15-8-6-10(7-9-15)19-12-5-3-4-11(14(16)17)13(12)18-2/h3-5,10H,6-9H2,1-2H3,(H,16,17). The van der Waals surface area contributed by atoms with E-state index in [-0.39, 0.29) is 11.7 Å². The molecule has 19 heavy (non-hydrogen) atoms. The lowest BCUT2D eigenvalue weighted by atomic mass is 10.1. The van der Waals surface area contributed by atoms with Gasteiger partial charge in [0.1, 0.15) is 11.7 Å². The van der Waals surface area contributed by atoms with E-state index in [0.29, 0.717) is 11.5 Å². The van der Waals surface area contributed by atoms with Gasteiger partial charge in [-0.05, 0) is 32.0 Å². The van der Waals surface area contributed by atoms with Crippen molar-refractivity contribution < 1.29 is 19.4 Å². The van der Waals surface area contributed by atoms with Gasteiger partial charge in [0.05, 0.1) is 7.11 Å². The molecule has 0 amide bonds. The van der Waals surface area contributed by atoms with Crippen LogP contribution in [0.2, 0.25) is 0 Å². The van der Waals surface area contributed by atoms with E-state index in [1.54, 1.807) is 12.1 Å². The molecule has 1 N–H and O–H groups in total. The van der Waals surface area contributed by atoms with Crippen LogP contribution >= 0.6 is 0 Å². The summed E-state index contributed by atoms with van der Waals surface area (Å²) in [6.07, 6.45) is 2.00. The van der Waals surface area contributed by atoms with E-state index >= 15 is 0 Å². The number of hydrogen-bond acceptors (Lipinski definition) is 4. The molecule has 0 aromatic heterocycles. The molecule has 1 saturated heterocycles. The molecule has 0 atom stereocenters. The van der Waals surface area contributed by atoms with Crippen molar-refractivity contribution in [3.05, 3.63) is 23.8 Å². The molecule has 1 aliphatic heterocycles. The van der Waals surface area contributed by atoms with Crippen LogP contribution in [0.25, 0.3) is 0 Å². The number of carboxylic acids is 1. The number of ether oxygens (including phenoxy) is 2. The van der Waals surface area contributed by atoms with E-state index in [0.717, 1.165) is 25.9 Å². The van der Waals surface area contributed by atoms with Crippen LogP contribution in [0.3, 0.4) is 0 Å². The molecule has 0 aliphatic carbocycles. The van der Waals surface area contributed by atoms with Gasteiger partial charge in [0.25, 0.3) is 0 Å². The van der Waals surface area contributed by atoms with Crippen LogP contribution in [0, 0.1) is 0 Å². The number of rotatable bonds is 4. The average Bonchev–Trinajstić information content (AvgIpc) is 2.41. The number of aromatic carboxylic acids is 1. The highest BCUT2D eigenvalue weighted by atomic mass is 16.5. The summed E-state index contributed by atoms with van der Waals surface area (Å²) in [5.41, 5.74) is 0.132. The largest absolute Gasteiger partial charge is 0.492 e. The van der Waals surface area contributed by atoms with E-state index in [1.165, 1.54) is 13.2 Å². The minimum absolute atomic E-state index is 0.120. The molecular weight excluding hydrogens is 246 g/mol. The van der Waals surface area contributed by atoms with Gasteiger partial charge in [0.15, 0.2) is 11.5 Å². The number of piperidine rings is 1. The fourth-order valence-corrected chi connectivity index (χ4v) is 2.27. The molecule has 0 spiro atoms. The van der Waals surface area contributed by atoms with Crippen molar-refractivity contribution in [3.63, 3.8) is 0 Å². The Labute approximate surface area is 112 Å². The predicted octanol–water partition coefficient (Wildman–Crippen LogP) is 1.87. The average molecular weight is 265 g/mol. The number of para-hydroxylation sites is 1. The van der Waals surface area contributed by atoms with Gasteiger partial charge in [0, 0.05) is 13.1 Å². The fourth-order valence-electron chi connectivity index (χ4n) is 2.27. The lowest BCUT2D eigenvalue weighted by molar-refractivity contribution is 0.0689. The number of benzene rings is 1. The zero-order valence-electron chi connectivity index (χ0n) is 11.3. The first kappa shape index (κ1) is 13.7. The minimum atomic E-state index is -1.01. The van der Waals surface area contributed by atoms with Crippen molar-refractivity contribution in [2.45, 2.75) is 18.9 Å². The zero-order chi connectivity index (χ0) is 13.8. The van der Waals surface area contributed by atoms with E-state index in [9.17, 15) is 4.79 Å². The third-order valence-electron chi connectivity index (χ3n) is 3.37. The molecule has 1 aromatic rings. The lowest BCUT2D eigenvalue weighted by Gasteiger charge is -2.29. The Morgan fingerprint density at radius 3 is 2.63 bits per heavy atom. The van der Waals surface area contributed by atoms with Gasteiger partial charge in [-0.15, -0.1) is 0 Å². The second kappa shape index (κ2) is 5.93. The van der Waals surface area contributed by atoms with Crippen LogP contribution in [0.4, 0.5) is 0 Å². The smallest absolute Gasteiger partial charge is 0.339 e. The van der Waals surface area contributed by atoms with E-state index in [1.807, 2.05) is 0 Å². The van der Waals surface area contributed by atoms with Gasteiger partial charge >= 0.3 is 5.97 Å². The Kier molecular flexibility index (Phi) is 4.27. The number of carbonyl (C=O) groups is 1. The number of carboxylic acid groups (broad SMARTS) is 1. The summed E-state index contributed by atoms with van der Waals surface area (Å²) in [7, 11) is 3.55. The van der Waals surface area contributed by atoms with Crippen molar-refractivity contribution in [1.29, 1.82) is 0 Å². The summed E-state index contributed by atoms with van der Waals surface area (Å²) in [5.74, 6) is -0.198. The monoisotopic (exact) mass is 265 g/mol. The molecule has 1 heterocycles. The van der Waals surface area contributed by atoms with E-state index in [2.05, 4.69) is 11.9 Å². The topological polar surface area (TPSA) is 59.0 Å². The Balaban J connectivity index is 2.16. The fraction of sp³-hybridized carbons (Fsp3) is 0.500. The second-order valence-electron chi connectivity index (χ2n) is 4.76. The summed E-state index contributed by atoms with van der Waals surface area (Å²) in [4.78, 5) is 13.4. The quantitative estimate of drug-likeness (QED) is 0.900. The first-order valence-electron chi connectivity index (χ1n) is 6.37. The van der Waals surface area contributed by atoms with Crippen LogP contribution in [-0.4, -0.2) is 49.3 Å². The van der Waals surface area contributed by atoms with Crippen molar-refractivity contribution in [1.82, 2.24) is 4.90 Å². The highest BCUT2D eigenvalue weighted by Crippen LogP contribution is 2.32. The maximum atomic E-state index is 11.1. The third-order valence-corrected chi connectivity index (χ3v) is 3.37. The summed E-state index contributed by atoms with van der Waals surface area (Å²) >= 11 is 0. The number of hydrogen-bond donors (Lipinski definition) is 1. The van der Waals surface area contributed by atoms with Crippen LogP contribution in [0.15, 0.2) is 18.2 Å². The zero-order valence-corrected chi connectivity index (χ0v) is 11.3. The molecule has 1 fully saturated rings. The first-order valence-corrected chi connectivity index (χ1v) is 6.37. The predicted molar refractivity (Wildman–Crippen MR) is 71.1 cm³/mol. The maximum absolute atomic E-state index is 11.1. The van der Waals surface area contributed by atoms with Crippen molar-refractivity contribution in [2.75, 3.05) is 27.2 Å². The van der Waals surface area contributed by atoms with Crippen molar-refractivity contribution in [3.8, 4) is 11.5 Å². The Morgan fingerprint density at radius 2 is 2.05 bits per heavy atom. The SMILES string of the molecule is COc1c(OC2CCN(C)CC2)cccc1C(=O)O. The molecular formula is C14H19NO4. The van der Waals surface area contributed by atoms with Gasteiger partial charge in [-0.3, -0.25) is 0 Å². The normalized spacial score (nSPS) is 17.2. The van der Waals surface area contributed by atoms with E-state index in [4.69, 9.17) is 14.6 Å². The van der Waals surface area contributed by atoms with Crippen LogP contribution in [-0.2, 0) is 0 Å². The Bertz CT molecular complexity index is 453. The highest BCUT2D eigenvalue weighted by Gasteiger charge is 2.21. The highest BCUT2D eigenvalue weighted by molar-refractivity contribution is 5.92. The molecule has 104 valence electrons. The second-order valence-corrected chi connectivity index (χ2v) is 4.76. The summed E-state index contributed by atoms with van der Waals surface area (Å²) in [6.45, 7) is 1.98. The maximum Gasteiger partial charge on any atom is 0.339 e. The van der Waals surface area contributed by atoms with Gasteiger partial charge in [-0.1, -0.05) is 6.07 Å². The lowest BCUT2D eigenvalue weighted by Crippen LogP contribution is -2.35. The van der Waals surface area contributed by atoms with Crippen LogP contribution < -0.4 is 9.47 Å². The van der Waals surface area contributed by atoms with Crippen LogP contribution in [0.1, 0.15) is 23.2 Å². The molecule has 1 aromatic carbocycles. The molecule has 5 nitrogen and oxygen atoms in total. The van der Waals surface area contributed by atoms with E-state index < -0.39 is 5.97 Å². The first-order chi connectivity index (χ1) is 9.11. The molecule has 0 unspecified atom stereocenters. The molecule has 2 rings (SSSR count). The third kappa shape index (κ3) is 3.17. The Hall–Kier alpha value is -1.75. The summed E-state index contributed by atoms with van der Waals surface area (Å²) < 4.78 is 11.1. The van der Waals surface area contributed by atoms with Crippen molar-refractivity contribution >= 4 is 5.97 Å². The summed E-state index contributed by atoms with van der Waals surface area (Å²) in [5, 5.41) is 9.12. The molecule has 0 saturated carbocycles. The minimum Gasteiger partial charge on any atom is -0.492 e. The number of methoxy groups -OCH3 is 1.